The van der Waals surface area contributed by atoms with E-state index in [-0.39, 0.29) is 0 Å². The average Bonchev–Trinajstić information content (AvgIpc) is 3.32. The van der Waals surface area contributed by atoms with Crippen LogP contribution in [0.1, 0.15) is 29.9 Å². The van der Waals surface area contributed by atoms with Crippen molar-refractivity contribution in [2.24, 2.45) is 0 Å². The summed E-state index contributed by atoms with van der Waals surface area (Å²) >= 11 is 0. The molecule has 1 saturated heterocycles. The SMILES string of the molecule is Cc1cnn(CC2CCCN2Cc2nc(-c3ccccc3C)no2)c1. The van der Waals surface area contributed by atoms with E-state index in [1.54, 1.807) is 0 Å². The number of hydrogen-bond acceptors (Lipinski definition) is 5. The molecule has 3 heterocycles. The number of nitrogens with zero attached hydrogens (tertiary/aromatic N) is 5. The van der Waals surface area contributed by atoms with Crippen molar-refractivity contribution < 1.29 is 4.52 Å². The Morgan fingerprint density at radius 2 is 2.12 bits per heavy atom. The van der Waals surface area contributed by atoms with Crippen LogP contribution in [0.3, 0.4) is 0 Å². The Morgan fingerprint density at radius 1 is 1.24 bits per heavy atom. The molecule has 1 atom stereocenters. The van der Waals surface area contributed by atoms with Crippen LogP contribution in [0.15, 0.2) is 41.2 Å². The van der Waals surface area contributed by atoms with Crippen molar-refractivity contribution in [2.75, 3.05) is 6.54 Å². The van der Waals surface area contributed by atoms with Crippen molar-refractivity contribution in [2.45, 2.75) is 45.8 Å². The van der Waals surface area contributed by atoms with E-state index in [2.05, 4.69) is 46.2 Å². The Labute approximate surface area is 147 Å². The Bertz CT molecular complexity index is 853. The molecule has 6 nitrogen and oxygen atoms in total. The quantitative estimate of drug-likeness (QED) is 0.715. The zero-order chi connectivity index (χ0) is 17.2. The first kappa shape index (κ1) is 16.0. The average molecular weight is 337 g/mol. The molecule has 0 saturated carbocycles. The van der Waals surface area contributed by atoms with Crippen molar-refractivity contribution in [3.8, 4) is 11.4 Å². The second-order valence-electron chi connectivity index (χ2n) is 6.83. The van der Waals surface area contributed by atoms with Gasteiger partial charge in [0.15, 0.2) is 0 Å². The highest BCUT2D eigenvalue weighted by molar-refractivity contribution is 5.58. The van der Waals surface area contributed by atoms with Crippen LogP contribution in [-0.2, 0) is 13.1 Å². The molecule has 1 aliphatic rings. The highest BCUT2D eigenvalue weighted by Gasteiger charge is 2.27. The van der Waals surface area contributed by atoms with Gasteiger partial charge in [0.25, 0.3) is 0 Å². The lowest BCUT2D eigenvalue weighted by Gasteiger charge is -2.22. The number of benzene rings is 1. The fraction of sp³-hybridized carbons (Fsp3) is 0.421. The van der Waals surface area contributed by atoms with Crippen LogP contribution in [0.4, 0.5) is 0 Å². The monoisotopic (exact) mass is 337 g/mol. The highest BCUT2D eigenvalue weighted by Crippen LogP contribution is 2.23. The Hall–Kier alpha value is -2.47. The zero-order valence-corrected chi connectivity index (χ0v) is 14.7. The van der Waals surface area contributed by atoms with Gasteiger partial charge in [-0.15, -0.1) is 0 Å². The van der Waals surface area contributed by atoms with Crippen molar-refractivity contribution in [3.63, 3.8) is 0 Å². The number of likely N-dealkylation sites (tertiary alicyclic amines) is 1. The highest BCUT2D eigenvalue weighted by atomic mass is 16.5. The molecule has 130 valence electrons. The molecule has 1 fully saturated rings. The molecule has 4 rings (SSSR count). The van der Waals surface area contributed by atoms with E-state index < -0.39 is 0 Å². The van der Waals surface area contributed by atoms with Crippen molar-refractivity contribution in [1.29, 1.82) is 0 Å². The van der Waals surface area contributed by atoms with E-state index in [4.69, 9.17) is 4.52 Å². The van der Waals surface area contributed by atoms with Gasteiger partial charge in [-0.05, 0) is 44.4 Å². The third-order valence-corrected chi connectivity index (χ3v) is 4.85. The fourth-order valence-electron chi connectivity index (χ4n) is 3.52. The maximum absolute atomic E-state index is 5.51. The second-order valence-corrected chi connectivity index (χ2v) is 6.83. The molecule has 0 N–H and O–H groups in total. The third-order valence-electron chi connectivity index (χ3n) is 4.85. The summed E-state index contributed by atoms with van der Waals surface area (Å²) in [4.78, 5) is 7.03. The smallest absolute Gasteiger partial charge is 0.241 e. The minimum absolute atomic E-state index is 0.466. The van der Waals surface area contributed by atoms with Crippen LogP contribution >= 0.6 is 0 Å². The topological polar surface area (TPSA) is 60.0 Å². The van der Waals surface area contributed by atoms with Gasteiger partial charge < -0.3 is 4.52 Å². The minimum atomic E-state index is 0.466. The predicted molar refractivity (Wildman–Crippen MR) is 94.9 cm³/mol. The maximum atomic E-state index is 5.51. The molecule has 1 unspecified atom stereocenters. The predicted octanol–water partition coefficient (Wildman–Crippen LogP) is 3.21. The van der Waals surface area contributed by atoms with Crippen molar-refractivity contribution in [1.82, 2.24) is 24.8 Å². The first-order chi connectivity index (χ1) is 12.2. The van der Waals surface area contributed by atoms with Crippen LogP contribution in [-0.4, -0.2) is 37.4 Å². The summed E-state index contributed by atoms with van der Waals surface area (Å²) in [5.41, 5.74) is 3.38. The summed E-state index contributed by atoms with van der Waals surface area (Å²) in [6, 6.07) is 8.58. The number of aromatic nitrogens is 4. The van der Waals surface area contributed by atoms with E-state index in [9.17, 15) is 0 Å². The molecule has 3 aromatic rings. The molecule has 1 aromatic carbocycles. The molecule has 0 radical (unpaired) electrons. The van der Waals surface area contributed by atoms with Crippen LogP contribution < -0.4 is 0 Å². The lowest BCUT2D eigenvalue weighted by molar-refractivity contribution is 0.192. The Kier molecular flexibility index (Phi) is 4.36. The fourth-order valence-corrected chi connectivity index (χ4v) is 3.52. The van der Waals surface area contributed by atoms with Crippen molar-refractivity contribution >= 4 is 0 Å². The molecule has 0 amide bonds. The molecule has 0 spiro atoms. The first-order valence-corrected chi connectivity index (χ1v) is 8.81. The number of rotatable bonds is 5. The van der Waals surface area contributed by atoms with E-state index in [0.717, 1.165) is 24.2 Å². The van der Waals surface area contributed by atoms with E-state index in [1.807, 2.05) is 29.1 Å². The largest absolute Gasteiger partial charge is 0.338 e. The van der Waals surface area contributed by atoms with Gasteiger partial charge in [-0.2, -0.15) is 10.1 Å². The van der Waals surface area contributed by atoms with Gasteiger partial charge in [0, 0.05) is 17.8 Å². The summed E-state index contributed by atoms with van der Waals surface area (Å²) in [5.74, 6) is 1.35. The van der Waals surface area contributed by atoms with Crippen LogP contribution in [0.25, 0.3) is 11.4 Å². The molecular weight excluding hydrogens is 314 g/mol. The second kappa shape index (κ2) is 6.80. The lowest BCUT2D eigenvalue weighted by Crippen LogP contribution is -2.32. The summed E-state index contributed by atoms with van der Waals surface area (Å²) in [6.45, 7) is 6.80. The summed E-state index contributed by atoms with van der Waals surface area (Å²) in [6.07, 6.45) is 6.38. The number of hydrogen-bond donors (Lipinski definition) is 0. The van der Waals surface area contributed by atoms with Gasteiger partial charge in [-0.25, -0.2) is 0 Å². The van der Waals surface area contributed by atoms with Crippen LogP contribution in [0.5, 0.6) is 0 Å². The van der Waals surface area contributed by atoms with E-state index in [1.165, 1.54) is 18.4 Å². The van der Waals surface area contributed by atoms with Crippen LogP contribution in [0.2, 0.25) is 0 Å². The third kappa shape index (κ3) is 3.49. The summed E-state index contributed by atoms with van der Waals surface area (Å²) < 4.78 is 7.55. The van der Waals surface area contributed by atoms with E-state index >= 15 is 0 Å². The molecule has 1 aliphatic heterocycles. The van der Waals surface area contributed by atoms with Gasteiger partial charge >= 0.3 is 0 Å². The van der Waals surface area contributed by atoms with Crippen molar-refractivity contribution in [3.05, 3.63) is 53.7 Å². The van der Waals surface area contributed by atoms with E-state index in [0.29, 0.717) is 24.3 Å². The van der Waals surface area contributed by atoms with Gasteiger partial charge in [0.1, 0.15) is 0 Å². The molecule has 0 aliphatic carbocycles. The van der Waals surface area contributed by atoms with Crippen LogP contribution in [0, 0.1) is 13.8 Å². The Morgan fingerprint density at radius 3 is 2.92 bits per heavy atom. The lowest BCUT2D eigenvalue weighted by atomic mass is 10.1. The normalized spacial score (nSPS) is 18.1. The zero-order valence-electron chi connectivity index (χ0n) is 14.7. The number of aryl methyl sites for hydroxylation is 2. The molecule has 2 aromatic heterocycles. The first-order valence-electron chi connectivity index (χ1n) is 8.81. The van der Waals surface area contributed by atoms with Gasteiger partial charge in [-0.1, -0.05) is 29.4 Å². The summed E-state index contributed by atoms with van der Waals surface area (Å²) in [5, 5.41) is 8.58. The molecule has 0 bridgehead atoms. The van der Waals surface area contributed by atoms with Gasteiger partial charge in [-0.3, -0.25) is 9.58 Å². The Balaban J connectivity index is 1.45. The molecule has 6 heteroatoms. The molecular formula is C19H23N5O. The van der Waals surface area contributed by atoms with Gasteiger partial charge in [0.05, 0.1) is 19.3 Å². The summed E-state index contributed by atoms with van der Waals surface area (Å²) in [7, 11) is 0. The minimum Gasteiger partial charge on any atom is -0.338 e. The maximum Gasteiger partial charge on any atom is 0.241 e. The van der Waals surface area contributed by atoms with Gasteiger partial charge in [0.2, 0.25) is 11.7 Å². The molecule has 25 heavy (non-hydrogen) atoms. The standard InChI is InChI=1S/C19H23N5O/c1-14-10-20-24(11-14)12-16-7-5-9-23(16)13-18-21-19(22-25-18)17-8-4-3-6-15(17)2/h3-4,6,8,10-11,16H,5,7,9,12-13H2,1-2H3.